The number of carbonyl (C=O) groups excluding carboxylic acids is 1. The van der Waals surface area contributed by atoms with E-state index in [1.807, 2.05) is 18.2 Å². The zero-order valence-corrected chi connectivity index (χ0v) is 12.9. The van der Waals surface area contributed by atoms with Crippen LogP contribution in [0.2, 0.25) is 10.0 Å². The molecule has 0 spiro atoms. The summed E-state index contributed by atoms with van der Waals surface area (Å²) in [4.78, 5) is 11.9. The molecular weight excluding hydrogens is 327 g/mol. The lowest BCUT2D eigenvalue weighted by molar-refractivity contribution is 0.174. The van der Waals surface area contributed by atoms with Gasteiger partial charge < -0.3 is 20.1 Å². The molecule has 0 fully saturated rings. The first-order valence-corrected chi connectivity index (χ1v) is 7.26. The standard InChI is InChI=1S/C15H12Cl2N2O3/c16-11-3-2-10(6-12(11)17)19-15(20)18-7-9-1-4-13-14(5-9)22-8-21-13/h1-6H,7-8H2,(H2,18,19,20). The summed E-state index contributed by atoms with van der Waals surface area (Å²) >= 11 is 11.7. The van der Waals surface area contributed by atoms with Gasteiger partial charge in [-0.05, 0) is 35.9 Å². The van der Waals surface area contributed by atoms with Crippen LogP contribution in [0, 0.1) is 0 Å². The number of urea groups is 1. The van der Waals surface area contributed by atoms with E-state index >= 15 is 0 Å². The lowest BCUT2D eigenvalue weighted by Crippen LogP contribution is -2.28. The molecule has 2 aromatic carbocycles. The SMILES string of the molecule is O=C(NCc1ccc2c(c1)OCO2)Nc1ccc(Cl)c(Cl)c1. The van der Waals surface area contributed by atoms with Crippen LogP contribution < -0.4 is 20.1 Å². The fourth-order valence-electron chi connectivity index (χ4n) is 1.98. The predicted octanol–water partition coefficient (Wildman–Crippen LogP) is 4.04. The van der Waals surface area contributed by atoms with E-state index in [1.54, 1.807) is 18.2 Å². The molecule has 3 rings (SSSR count). The Kier molecular flexibility index (Phi) is 4.27. The van der Waals surface area contributed by atoms with Crippen molar-refractivity contribution in [3.63, 3.8) is 0 Å². The van der Waals surface area contributed by atoms with Crippen molar-refractivity contribution in [3.8, 4) is 11.5 Å². The Hall–Kier alpha value is -2.11. The van der Waals surface area contributed by atoms with Crippen molar-refractivity contribution in [2.45, 2.75) is 6.54 Å². The number of nitrogens with one attached hydrogen (secondary N) is 2. The molecule has 0 saturated carbocycles. The van der Waals surface area contributed by atoms with Crippen molar-refractivity contribution < 1.29 is 14.3 Å². The second kappa shape index (κ2) is 6.34. The van der Waals surface area contributed by atoms with Crippen LogP contribution in [0.15, 0.2) is 36.4 Å². The van der Waals surface area contributed by atoms with Gasteiger partial charge in [-0.3, -0.25) is 0 Å². The molecule has 1 aliphatic heterocycles. The third-order valence-corrected chi connectivity index (χ3v) is 3.81. The third kappa shape index (κ3) is 3.37. The molecule has 0 saturated heterocycles. The molecule has 1 heterocycles. The normalized spacial score (nSPS) is 12.1. The quantitative estimate of drug-likeness (QED) is 0.887. The van der Waals surface area contributed by atoms with Gasteiger partial charge in [0.15, 0.2) is 11.5 Å². The summed E-state index contributed by atoms with van der Waals surface area (Å²) in [5.41, 5.74) is 1.48. The molecule has 2 aromatic rings. The van der Waals surface area contributed by atoms with E-state index in [0.717, 1.165) is 5.56 Å². The Morgan fingerprint density at radius 3 is 2.68 bits per heavy atom. The highest BCUT2D eigenvalue weighted by atomic mass is 35.5. The molecule has 114 valence electrons. The van der Waals surface area contributed by atoms with Crippen LogP contribution in [-0.4, -0.2) is 12.8 Å². The van der Waals surface area contributed by atoms with Gasteiger partial charge in [-0.15, -0.1) is 0 Å². The number of hydrogen-bond donors (Lipinski definition) is 2. The Labute approximate surface area is 137 Å². The number of amides is 2. The van der Waals surface area contributed by atoms with Crippen molar-refractivity contribution in [1.29, 1.82) is 0 Å². The fourth-order valence-corrected chi connectivity index (χ4v) is 2.28. The lowest BCUT2D eigenvalue weighted by Gasteiger charge is -2.09. The molecule has 0 aliphatic carbocycles. The van der Waals surface area contributed by atoms with E-state index in [9.17, 15) is 4.79 Å². The highest BCUT2D eigenvalue weighted by Crippen LogP contribution is 2.32. The minimum absolute atomic E-state index is 0.226. The summed E-state index contributed by atoms with van der Waals surface area (Å²) in [6, 6.07) is 10.1. The Bertz CT molecular complexity index is 722. The molecule has 22 heavy (non-hydrogen) atoms. The molecule has 0 atom stereocenters. The van der Waals surface area contributed by atoms with Crippen LogP contribution in [0.5, 0.6) is 11.5 Å². The van der Waals surface area contributed by atoms with Gasteiger partial charge in [-0.1, -0.05) is 29.3 Å². The molecule has 7 heteroatoms. The van der Waals surface area contributed by atoms with E-state index in [0.29, 0.717) is 33.8 Å². The van der Waals surface area contributed by atoms with Crippen molar-refractivity contribution in [1.82, 2.24) is 5.32 Å². The summed E-state index contributed by atoms with van der Waals surface area (Å²) in [6.07, 6.45) is 0. The number of rotatable bonds is 3. The van der Waals surface area contributed by atoms with E-state index in [1.165, 1.54) is 0 Å². The molecule has 1 aliphatic rings. The maximum atomic E-state index is 11.9. The van der Waals surface area contributed by atoms with Gasteiger partial charge in [0.1, 0.15) is 0 Å². The van der Waals surface area contributed by atoms with E-state index in [4.69, 9.17) is 32.7 Å². The van der Waals surface area contributed by atoms with Crippen LogP contribution in [0.4, 0.5) is 10.5 Å². The van der Waals surface area contributed by atoms with Crippen molar-refractivity contribution >= 4 is 34.9 Å². The van der Waals surface area contributed by atoms with Gasteiger partial charge in [-0.25, -0.2) is 4.79 Å². The largest absolute Gasteiger partial charge is 0.454 e. The Morgan fingerprint density at radius 1 is 1.05 bits per heavy atom. The topological polar surface area (TPSA) is 59.6 Å². The third-order valence-electron chi connectivity index (χ3n) is 3.07. The molecule has 0 bridgehead atoms. The van der Waals surface area contributed by atoms with Gasteiger partial charge in [0.05, 0.1) is 10.0 Å². The van der Waals surface area contributed by atoms with Crippen LogP contribution >= 0.6 is 23.2 Å². The summed E-state index contributed by atoms with van der Waals surface area (Å²) < 4.78 is 10.5. The molecule has 5 nitrogen and oxygen atoms in total. The van der Waals surface area contributed by atoms with Gasteiger partial charge in [0, 0.05) is 12.2 Å². The van der Waals surface area contributed by atoms with Gasteiger partial charge in [0.2, 0.25) is 6.79 Å². The maximum Gasteiger partial charge on any atom is 0.319 e. The second-order valence-electron chi connectivity index (χ2n) is 4.62. The average molecular weight is 339 g/mol. The van der Waals surface area contributed by atoms with Crippen molar-refractivity contribution in [3.05, 3.63) is 52.0 Å². The first-order chi connectivity index (χ1) is 10.6. The van der Waals surface area contributed by atoms with E-state index in [-0.39, 0.29) is 12.8 Å². The minimum atomic E-state index is -0.337. The zero-order chi connectivity index (χ0) is 15.5. The van der Waals surface area contributed by atoms with Crippen molar-refractivity contribution in [2.24, 2.45) is 0 Å². The second-order valence-corrected chi connectivity index (χ2v) is 5.44. The number of anilines is 1. The molecule has 0 aromatic heterocycles. The van der Waals surface area contributed by atoms with Crippen LogP contribution in [0.1, 0.15) is 5.56 Å². The molecule has 0 unspecified atom stereocenters. The smallest absolute Gasteiger partial charge is 0.319 e. The first kappa shape index (κ1) is 14.8. The Morgan fingerprint density at radius 2 is 1.86 bits per heavy atom. The predicted molar refractivity (Wildman–Crippen MR) is 84.9 cm³/mol. The minimum Gasteiger partial charge on any atom is -0.454 e. The summed E-state index contributed by atoms with van der Waals surface area (Å²) in [6.45, 7) is 0.591. The zero-order valence-electron chi connectivity index (χ0n) is 11.4. The van der Waals surface area contributed by atoms with Crippen molar-refractivity contribution in [2.75, 3.05) is 12.1 Å². The fraction of sp³-hybridized carbons (Fsp3) is 0.133. The van der Waals surface area contributed by atoms with Gasteiger partial charge >= 0.3 is 6.03 Å². The summed E-state index contributed by atoms with van der Waals surface area (Å²) in [5, 5.41) is 6.26. The summed E-state index contributed by atoms with van der Waals surface area (Å²) in [5.74, 6) is 1.40. The van der Waals surface area contributed by atoms with Gasteiger partial charge in [0.25, 0.3) is 0 Å². The van der Waals surface area contributed by atoms with E-state index in [2.05, 4.69) is 10.6 Å². The lowest BCUT2D eigenvalue weighted by atomic mass is 10.2. The molecule has 2 amide bonds. The summed E-state index contributed by atoms with van der Waals surface area (Å²) in [7, 11) is 0. The van der Waals surface area contributed by atoms with Crippen LogP contribution in [0.3, 0.4) is 0 Å². The number of hydrogen-bond acceptors (Lipinski definition) is 3. The first-order valence-electron chi connectivity index (χ1n) is 6.50. The monoisotopic (exact) mass is 338 g/mol. The number of fused-ring (bicyclic) bond motifs is 1. The molecule has 0 radical (unpaired) electrons. The Balaban J connectivity index is 1.57. The van der Waals surface area contributed by atoms with Crippen LogP contribution in [-0.2, 0) is 6.54 Å². The number of halogens is 2. The number of carbonyl (C=O) groups is 1. The number of benzene rings is 2. The highest BCUT2D eigenvalue weighted by molar-refractivity contribution is 6.42. The average Bonchev–Trinajstić information content (AvgIpc) is 2.96. The number of ether oxygens (including phenoxy) is 2. The molecule has 2 N–H and O–H groups in total. The van der Waals surface area contributed by atoms with Crippen LogP contribution in [0.25, 0.3) is 0 Å². The highest BCUT2D eigenvalue weighted by Gasteiger charge is 2.13. The maximum absolute atomic E-state index is 11.9. The molecular formula is C15H12Cl2N2O3. The van der Waals surface area contributed by atoms with Gasteiger partial charge in [-0.2, -0.15) is 0 Å². The van der Waals surface area contributed by atoms with E-state index < -0.39 is 0 Å².